The first-order chi connectivity index (χ1) is 9.50. The summed E-state index contributed by atoms with van der Waals surface area (Å²) in [6.07, 6.45) is 2.30. The fraction of sp³-hybridized carbons (Fsp3) is 0.538. The molecule has 0 aliphatic rings. The van der Waals surface area contributed by atoms with Gasteiger partial charge in [0.1, 0.15) is 0 Å². The van der Waals surface area contributed by atoms with E-state index in [1.54, 1.807) is 6.20 Å². The standard InChI is InChI=1S/C13H20N6O/c1-8(2)19-10(4)12(9(3)17-19)13(20)14-6-5-11-7-15-18-16-11/h7-8H,5-6H2,1-4H3,(H,14,20)(H,15,16,18). The Kier molecular flexibility index (Phi) is 4.16. The van der Waals surface area contributed by atoms with Gasteiger partial charge >= 0.3 is 0 Å². The number of rotatable bonds is 5. The molecule has 2 aromatic heterocycles. The van der Waals surface area contributed by atoms with E-state index >= 15 is 0 Å². The molecule has 0 aliphatic carbocycles. The maximum absolute atomic E-state index is 12.2. The average Bonchev–Trinajstić information content (AvgIpc) is 2.97. The van der Waals surface area contributed by atoms with Crippen LogP contribution in [0.15, 0.2) is 6.20 Å². The van der Waals surface area contributed by atoms with E-state index in [1.807, 2.05) is 32.4 Å². The van der Waals surface area contributed by atoms with Crippen molar-refractivity contribution >= 4 is 5.91 Å². The summed E-state index contributed by atoms with van der Waals surface area (Å²) in [5.74, 6) is -0.0876. The summed E-state index contributed by atoms with van der Waals surface area (Å²) in [7, 11) is 0. The average molecular weight is 276 g/mol. The van der Waals surface area contributed by atoms with E-state index in [9.17, 15) is 4.79 Å². The van der Waals surface area contributed by atoms with Gasteiger partial charge in [0.25, 0.3) is 5.91 Å². The van der Waals surface area contributed by atoms with Crippen molar-refractivity contribution in [1.29, 1.82) is 0 Å². The van der Waals surface area contributed by atoms with E-state index in [4.69, 9.17) is 0 Å². The van der Waals surface area contributed by atoms with Crippen LogP contribution < -0.4 is 5.32 Å². The van der Waals surface area contributed by atoms with Gasteiger partial charge in [-0.3, -0.25) is 9.48 Å². The molecule has 2 N–H and O–H groups in total. The fourth-order valence-electron chi connectivity index (χ4n) is 2.23. The lowest BCUT2D eigenvalue weighted by molar-refractivity contribution is 0.0952. The van der Waals surface area contributed by atoms with E-state index in [1.165, 1.54) is 0 Å². The highest BCUT2D eigenvalue weighted by Crippen LogP contribution is 2.16. The zero-order valence-corrected chi connectivity index (χ0v) is 12.3. The fourth-order valence-corrected chi connectivity index (χ4v) is 2.23. The van der Waals surface area contributed by atoms with Crippen LogP contribution in [0, 0.1) is 13.8 Å². The molecule has 7 nitrogen and oxygen atoms in total. The second-order valence-corrected chi connectivity index (χ2v) is 5.05. The molecule has 0 fully saturated rings. The predicted molar refractivity (Wildman–Crippen MR) is 74.5 cm³/mol. The van der Waals surface area contributed by atoms with Crippen molar-refractivity contribution in [2.45, 2.75) is 40.2 Å². The van der Waals surface area contributed by atoms with E-state index in [0.29, 0.717) is 18.5 Å². The van der Waals surface area contributed by atoms with Gasteiger partial charge in [0.2, 0.25) is 0 Å². The molecule has 0 unspecified atom stereocenters. The summed E-state index contributed by atoms with van der Waals surface area (Å²) < 4.78 is 1.88. The van der Waals surface area contributed by atoms with Crippen LogP contribution in [0.3, 0.4) is 0 Å². The normalized spacial score (nSPS) is 11.1. The highest BCUT2D eigenvalue weighted by Gasteiger charge is 2.19. The zero-order valence-electron chi connectivity index (χ0n) is 12.3. The Morgan fingerprint density at radius 2 is 2.20 bits per heavy atom. The molecule has 2 rings (SSSR count). The summed E-state index contributed by atoms with van der Waals surface area (Å²) >= 11 is 0. The summed E-state index contributed by atoms with van der Waals surface area (Å²) in [6, 6.07) is 0.241. The van der Waals surface area contributed by atoms with Crippen LogP contribution in [0.4, 0.5) is 0 Å². The van der Waals surface area contributed by atoms with Crippen LogP contribution in [-0.2, 0) is 6.42 Å². The molecule has 2 aromatic rings. The number of aryl methyl sites for hydroxylation is 1. The third kappa shape index (κ3) is 2.87. The van der Waals surface area contributed by atoms with Gasteiger partial charge in [-0.25, -0.2) is 0 Å². The number of nitrogens with one attached hydrogen (secondary N) is 2. The Labute approximate surface area is 117 Å². The number of carbonyl (C=O) groups excluding carboxylic acids is 1. The molecular weight excluding hydrogens is 256 g/mol. The van der Waals surface area contributed by atoms with E-state index in [0.717, 1.165) is 17.1 Å². The molecule has 0 saturated heterocycles. The largest absolute Gasteiger partial charge is 0.352 e. The summed E-state index contributed by atoms with van der Waals surface area (Å²) in [4.78, 5) is 12.2. The minimum atomic E-state index is -0.0876. The first-order valence-electron chi connectivity index (χ1n) is 6.69. The van der Waals surface area contributed by atoms with Crippen molar-refractivity contribution in [1.82, 2.24) is 30.5 Å². The van der Waals surface area contributed by atoms with Gasteiger partial charge in [-0.05, 0) is 27.7 Å². The molecule has 2 heterocycles. The van der Waals surface area contributed by atoms with E-state index < -0.39 is 0 Å². The van der Waals surface area contributed by atoms with Crippen LogP contribution in [0.2, 0.25) is 0 Å². The van der Waals surface area contributed by atoms with Gasteiger partial charge < -0.3 is 5.32 Å². The van der Waals surface area contributed by atoms with Gasteiger partial charge in [0.15, 0.2) is 0 Å². The number of amides is 1. The maximum Gasteiger partial charge on any atom is 0.255 e. The number of aromatic amines is 1. The van der Waals surface area contributed by atoms with Gasteiger partial charge in [-0.2, -0.15) is 20.5 Å². The molecule has 0 aliphatic heterocycles. The van der Waals surface area contributed by atoms with Gasteiger partial charge in [-0.1, -0.05) is 0 Å². The molecular formula is C13H20N6O. The first kappa shape index (κ1) is 14.2. The summed E-state index contributed by atoms with van der Waals surface area (Å²) in [5.41, 5.74) is 3.15. The number of hydrogen-bond donors (Lipinski definition) is 2. The SMILES string of the molecule is Cc1nn(C(C)C)c(C)c1C(=O)NCCc1cn[nH]n1. The van der Waals surface area contributed by atoms with Crippen molar-refractivity contribution < 1.29 is 4.79 Å². The molecule has 20 heavy (non-hydrogen) atoms. The quantitative estimate of drug-likeness (QED) is 0.858. The lowest BCUT2D eigenvalue weighted by Crippen LogP contribution is -2.26. The lowest BCUT2D eigenvalue weighted by atomic mass is 10.1. The second-order valence-electron chi connectivity index (χ2n) is 5.05. The highest BCUT2D eigenvalue weighted by atomic mass is 16.1. The molecule has 0 bridgehead atoms. The molecule has 0 spiro atoms. The number of aromatic nitrogens is 5. The van der Waals surface area contributed by atoms with Crippen LogP contribution in [-0.4, -0.2) is 37.6 Å². The molecule has 0 saturated carbocycles. The molecule has 7 heteroatoms. The van der Waals surface area contributed by atoms with Gasteiger partial charge in [-0.15, -0.1) is 0 Å². The van der Waals surface area contributed by atoms with Crippen LogP contribution >= 0.6 is 0 Å². The number of carbonyl (C=O) groups is 1. The summed E-state index contributed by atoms with van der Waals surface area (Å²) in [6.45, 7) is 8.40. The predicted octanol–water partition coefficient (Wildman–Crippen LogP) is 1.17. The molecule has 108 valence electrons. The van der Waals surface area contributed by atoms with E-state index in [2.05, 4.69) is 25.8 Å². The first-order valence-corrected chi connectivity index (χ1v) is 6.69. The van der Waals surface area contributed by atoms with Gasteiger partial charge in [0, 0.05) is 24.7 Å². The summed E-state index contributed by atoms with van der Waals surface area (Å²) in [5, 5.41) is 17.5. The zero-order chi connectivity index (χ0) is 14.7. The third-order valence-corrected chi connectivity index (χ3v) is 3.17. The van der Waals surface area contributed by atoms with Crippen LogP contribution in [0.5, 0.6) is 0 Å². The highest BCUT2D eigenvalue weighted by molar-refractivity contribution is 5.96. The Hall–Kier alpha value is -2.18. The van der Waals surface area contributed by atoms with Crippen molar-refractivity contribution in [3.05, 3.63) is 28.8 Å². The van der Waals surface area contributed by atoms with Crippen LogP contribution in [0.1, 0.15) is 47.3 Å². The van der Waals surface area contributed by atoms with Gasteiger partial charge in [0.05, 0.1) is 23.1 Å². The molecule has 0 radical (unpaired) electrons. The number of H-pyrrole nitrogens is 1. The Morgan fingerprint density at radius 1 is 1.45 bits per heavy atom. The topological polar surface area (TPSA) is 88.5 Å². The Morgan fingerprint density at radius 3 is 2.75 bits per heavy atom. The van der Waals surface area contributed by atoms with Crippen molar-refractivity contribution in [2.75, 3.05) is 6.54 Å². The maximum atomic E-state index is 12.2. The van der Waals surface area contributed by atoms with Crippen LogP contribution in [0.25, 0.3) is 0 Å². The molecule has 1 amide bonds. The second kappa shape index (κ2) is 5.85. The smallest absolute Gasteiger partial charge is 0.255 e. The number of hydrogen-bond acceptors (Lipinski definition) is 4. The Bertz CT molecular complexity index is 584. The molecule has 0 atom stereocenters. The lowest BCUT2D eigenvalue weighted by Gasteiger charge is -2.08. The molecule has 0 aromatic carbocycles. The minimum absolute atomic E-state index is 0.0876. The monoisotopic (exact) mass is 276 g/mol. The Balaban J connectivity index is 2.02. The minimum Gasteiger partial charge on any atom is -0.352 e. The van der Waals surface area contributed by atoms with Crippen molar-refractivity contribution in [2.24, 2.45) is 0 Å². The van der Waals surface area contributed by atoms with E-state index in [-0.39, 0.29) is 11.9 Å². The third-order valence-electron chi connectivity index (χ3n) is 3.17. The van der Waals surface area contributed by atoms with Crippen molar-refractivity contribution in [3.63, 3.8) is 0 Å². The number of nitrogens with zero attached hydrogens (tertiary/aromatic N) is 4. The van der Waals surface area contributed by atoms with Crippen molar-refractivity contribution in [3.8, 4) is 0 Å².